The Labute approximate surface area is 125 Å². The van der Waals surface area contributed by atoms with Crippen LogP contribution in [-0.4, -0.2) is 6.04 Å². The summed E-state index contributed by atoms with van der Waals surface area (Å²) in [5.74, 6) is 6.61. The number of hydrogen-bond donors (Lipinski definition) is 2. The van der Waals surface area contributed by atoms with E-state index in [1.807, 2.05) is 0 Å². The predicted octanol–water partition coefficient (Wildman–Crippen LogP) is 4.18. The third-order valence-electron chi connectivity index (χ3n) is 4.20. The maximum atomic E-state index is 5.75. The van der Waals surface area contributed by atoms with E-state index in [2.05, 4.69) is 45.6 Å². The van der Waals surface area contributed by atoms with Gasteiger partial charge in [0.15, 0.2) is 0 Å². The standard InChI is InChI=1S/C16H25BrN2/c17-15-9-5-8-14(10-15)12-16(19-18)11-13-6-3-1-2-4-7-13/h5,8-10,13,16,19H,1-4,6-7,11-12,18H2. The average molecular weight is 325 g/mol. The molecule has 3 heteroatoms. The van der Waals surface area contributed by atoms with Crippen LogP contribution in [-0.2, 0) is 6.42 Å². The summed E-state index contributed by atoms with van der Waals surface area (Å²) in [6, 6.07) is 8.94. The van der Waals surface area contributed by atoms with Crippen molar-refractivity contribution in [3.05, 3.63) is 34.3 Å². The normalized spacial score (nSPS) is 19.1. The van der Waals surface area contributed by atoms with E-state index in [9.17, 15) is 0 Å². The molecule has 0 bridgehead atoms. The van der Waals surface area contributed by atoms with Crippen LogP contribution in [0, 0.1) is 5.92 Å². The molecule has 1 aromatic carbocycles. The van der Waals surface area contributed by atoms with E-state index in [1.165, 1.54) is 50.5 Å². The summed E-state index contributed by atoms with van der Waals surface area (Å²) in [5.41, 5.74) is 4.38. The van der Waals surface area contributed by atoms with Crippen molar-refractivity contribution in [1.82, 2.24) is 5.43 Å². The molecule has 0 heterocycles. The summed E-state index contributed by atoms with van der Waals surface area (Å²) < 4.78 is 1.15. The molecule has 1 unspecified atom stereocenters. The number of rotatable bonds is 5. The molecule has 0 radical (unpaired) electrons. The van der Waals surface area contributed by atoms with Gasteiger partial charge in [-0.1, -0.05) is 66.6 Å². The zero-order valence-corrected chi connectivity index (χ0v) is 13.2. The summed E-state index contributed by atoms with van der Waals surface area (Å²) >= 11 is 3.53. The molecule has 1 aliphatic carbocycles. The first-order valence-electron chi connectivity index (χ1n) is 7.48. The number of hydrogen-bond acceptors (Lipinski definition) is 2. The van der Waals surface area contributed by atoms with E-state index in [4.69, 9.17) is 5.84 Å². The van der Waals surface area contributed by atoms with Crippen molar-refractivity contribution in [2.24, 2.45) is 11.8 Å². The predicted molar refractivity (Wildman–Crippen MR) is 84.8 cm³/mol. The fourth-order valence-corrected chi connectivity index (χ4v) is 3.61. The van der Waals surface area contributed by atoms with E-state index < -0.39 is 0 Å². The third kappa shape index (κ3) is 5.25. The van der Waals surface area contributed by atoms with Crippen molar-refractivity contribution < 1.29 is 0 Å². The minimum Gasteiger partial charge on any atom is -0.271 e. The maximum Gasteiger partial charge on any atom is 0.0253 e. The summed E-state index contributed by atoms with van der Waals surface area (Å²) in [5, 5.41) is 0. The van der Waals surface area contributed by atoms with Gasteiger partial charge in [-0.3, -0.25) is 11.3 Å². The van der Waals surface area contributed by atoms with Gasteiger partial charge in [0.1, 0.15) is 0 Å². The first-order valence-corrected chi connectivity index (χ1v) is 8.28. The summed E-state index contributed by atoms with van der Waals surface area (Å²) in [4.78, 5) is 0. The van der Waals surface area contributed by atoms with Crippen LogP contribution in [0.1, 0.15) is 50.5 Å². The van der Waals surface area contributed by atoms with Crippen LogP contribution < -0.4 is 11.3 Å². The van der Waals surface area contributed by atoms with Gasteiger partial charge in [0, 0.05) is 10.5 Å². The first-order chi connectivity index (χ1) is 9.28. The lowest BCUT2D eigenvalue weighted by Crippen LogP contribution is -2.38. The molecule has 0 aliphatic heterocycles. The molecule has 0 aromatic heterocycles. The molecule has 0 saturated heterocycles. The topological polar surface area (TPSA) is 38.0 Å². The smallest absolute Gasteiger partial charge is 0.0253 e. The van der Waals surface area contributed by atoms with Crippen LogP contribution in [0.2, 0.25) is 0 Å². The lowest BCUT2D eigenvalue weighted by Gasteiger charge is -2.22. The number of benzene rings is 1. The molecular formula is C16H25BrN2. The molecule has 0 amide bonds. The SMILES string of the molecule is NNC(Cc1cccc(Br)c1)CC1CCCCCC1. The van der Waals surface area contributed by atoms with Crippen LogP contribution >= 0.6 is 15.9 Å². The summed E-state index contributed by atoms with van der Waals surface area (Å²) in [7, 11) is 0. The molecule has 1 aromatic rings. The summed E-state index contributed by atoms with van der Waals surface area (Å²) in [6.45, 7) is 0. The van der Waals surface area contributed by atoms with Gasteiger partial charge in [-0.25, -0.2) is 0 Å². The minimum atomic E-state index is 0.400. The number of halogens is 1. The lowest BCUT2D eigenvalue weighted by atomic mass is 9.90. The molecule has 2 nitrogen and oxygen atoms in total. The molecule has 3 N–H and O–H groups in total. The molecule has 1 atom stereocenters. The molecule has 0 spiro atoms. The average Bonchev–Trinajstić information content (AvgIpc) is 2.66. The Kier molecular flexibility index (Phi) is 6.35. The quantitative estimate of drug-likeness (QED) is 0.484. The highest BCUT2D eigenvalue weighted by molar-refractivity contribution is 9.10. The Morgan fingerprint density at radius 2 is 1.95 bits per heavy atom. The molecular weight excluding hydrogens is 300 g/mol. The van der Waals surface area contributed by atoms with E-state index in [-0.39, 0.29) is 0 Å². The van der Waals surface area contributed by atoms with Gasteiger partial charge in [0.05, 0.1) is 0 Å². The largest absolute Gasteiger partial charge is 0.271 e. The molecule has 1 saturated carbocycles. The highest BCUT2D eigenvalue weighted by Crippen LogP contribution is 2.27. The van der Waals surface area contributed by atoms with Crippen LogP contribution in [0.5, 0.6) is 0 Å². The molecule has 1 fully saturated rings. The third-order valence-corrected chi connectivity index (χ3v) is 4.69. The van der Waals surface area contributed by atoms with Crippen molar-refractivity contribution in [3.8, 4) is 0 Å². The van der Waals surface area contributed by atoms with Gasteiger partial charge in [-0.2, -0.15) is 0 Å². The molecule has 2 rings (SSSR count). The highest BCUT2D eigenvalue weighted by Gasteiger charge is 2.17. The minimum absolute atomic E-state index is 0.400. The van der Waals surface area contributed by atoms with Crippen LogP contribution in [0.4, 0.5) is 0 Å². The van der Waals surface area contributed by atoms with Crippen molar-refractivity contribution in [3.63, 3.8) is 0 Å². The second-order valence-corrected chi connectivity index (χ2v) is 6.71. The number of nitrogens with two attached hydrogens (primary N) is 1. The van der Waals surface area contributed by atoms with Crippen molar-refractivity contribution >= 4 is 15.9 Å². The first kappa shape index (κ1) is 15.0. The zero-order chi connectivity index (χ0) is 13.5. The van der Waals surface area contributed by atoms with Gasteiger partial charge >= 0.3 is 0 Å². The van der Waals surface area contributed by atoms with Crippen LogP contribution in [0.25, 0.3) is 0 Å². The highest BCUT2D eigenvalue weighted by atomic mass is 79.9. The van der Waals surface area contributed by atoms with Crippen LogP contribution in [0.15, 0.2) is 28.7 Å². The van der Waals surface area contributed by atoms with Gasteiger partial charge in [-0.05, 0) is 36.5 Å². The molecule has 1 aliphatic rings. The zero-order valence-electron chi connectivity index (χ0n) is 11.6. The monoisotopic (exact) mass is 324 g/mol. The van der Waals surface area contributed by atoms with Gasteiger partial charge in [0.2, 0.25) is 0 Å². The Bertz CT molecular complexity index is 373. The van der Waals surface area contributed by atoms with E-state index in [0.717, 1.165) is 16.8 Å². The maximum absolute atomic E-state index is 5.75. The number of hydrazine groups is 1. The van der Waals surface area contributed by atoms with E-state index in [0.29, 0.717) is 6.04 Å². The van der Waals surface area contributed by atoms with E-state index in [1.54, 1.807) is 0 Å². The number of nitrogens with one attached hydrogen (secondary N) is 1. The molecule has 19 heavy (non-hydrogen) atoms. The second kappa shape index (κ2) is 8.03. The summed E-state index contributed by atoms with van der Waals surface area (Å²) in [6.07, 6.45) is 10.6. The van der Waals surface area contributed by atoms with Crippen molar-refractivity contribution in [2.75, 3.05) is 0 Å². The Balaban J connectivity index is 1.88. The lowest BCUT2D eigenvalue weighted by molar-refractivity contribution is 0.352. The van der Waals surface area contributed by atoms with Crippen molar-refractivity contribution in [1.29, 1.82) is 0 Å². The van der Waals surface area contributed by atoms with Gasteiger partial charge < -0.3 is 0 Å². The Morgan fingerprint density at radius 1 is 1.21 bits per heavy atom. The second-order valence-electron chi connectivity index (χ2n) is 5.79. The van der Waals surface area contributed by atoms with Gasteiger partial charge in [0.25, 0.3) is 0 Å². The van der Waals surface area contributed by atoms with Crippen LogP contribution in [0.3, 0.4) is 0 Å². The van der Waals surface area contributed by atoms with Gasteiger partial charge in [-0.15, -0.1) is 0 Å². The fourth-order valence-electron chi connectivity index (χ4n) is 3.16. The fraction of sp³-hybridized carbons (Fsp3) is 0.625. The van der Waals surface area contributed by atoms with E-state index >= 15 is 0 Å². The molecule has 106 valence electrons. The Morgan fingerprint density at radius 3 is 2.58 bits per heavy atom. The van der Waals surface area contributed by atoms with Crippen molar-refractivity contribution in [2.45, 2.75) is 57.4 Å². The Hall–Kier alpha value is -0.380.